The number of hydrogen-bond donors (Lipinski definition) is 0. The summed E-state index contributed by atoms with van der Waals surface area (Å²) >= 11 is 0. The molecule has 1 aromatic carbocycles. The second kappa shape index (κ2) is 4.39. The number of fused-ring (bicyclic) bond motifs is 3. The SMILES string of the molecule is C1=CC2OCC3(C=C2c2ccccc21)C1CC2CC(C1)CC3C2. The first-order valence-electron chi connectivity index (χ1n) is 9.44. The summed E-state index contributed by atoms with van der Waals surface area (Å²) in [6.07, 6.45) is 14.8. The van der Waals surface area contributed by atoms with E-state index in [4.69, 9.17) is 4.74 Å². The standard InChI is InChI=1S/C22H24O/c1-2-4-19-16(3-1)5-6-21-20(19)12-22(13-23-21)17-8-14-7-15(10-17)11-18(22)9-14/h1-6,12,14-15,17-18,21H,7-11,13H2. The summed E-state index contributed by atoms with van der Waals surface area (Å²) in [6, 6.07) is 8.84. The number of hydrogen-bond acceptors (Lipinski definition) is 1. The highest BCUT2D eigenvalue weighted by Gasteiger charge is 2.57. The van der Waals surface area contributed by atoms with Gasteiger partial charge in [-0.25, -0.2) is 0 Å². The van der Waals surface area contributed by atoms with E-state index in [1.54, 1.807) is 0 Å². The van der Waals surface area contributed by atoms with E-state index in [2.05, 4.69) is 42.5 Å². The zero-order valence-electron chi connectivity index (χ0n) is 13.6. The Hall–Kier alpha value is -1.34. The first-order chi connectivity index (χ1) is 11.3. The molecule has 118 valence electrons. The molecule has 0 aromatic heterocycles. The lowest BCUT2D eigenvalue weighted by Gasteiger charge is -2.61. The van der Waals surface area contributed by atoms with Crippen molar-refractivity contribution in [2.24, 2.45) is 29.1 Å². The van der Waals surface area contributed by atoms with Crippen molar-refractivity contribution in [3.8, 4) is 0 Å². The molecule has 1 spiro atoms. The minimum absolute atomic E-state index is 0.188. The smallest absolute Gasteiger partial charge is 0.101 e. The number of rotatable bonds is 0. The van der Waals surface area contributed by atoms with Gasteiger partial charge in [-0.15, -0.1) is 0 Å². The van der Waals surface area contributed by atoms with Crippen LogP contribution < -0.4 is 0 Å². The fourth-order valence-electron chi connectivity index (χ4n) is 6.76. The largest absolute Gasteiger partial charge is 0.368 e. The van der Waals surface area contributed by atoms with E-state index < -0.39 is 0 Å². The van der Waals surface area contributed by atoms with Gasteiger partial charge in [-0.1, -0.05) is 42.5 Å². The average Bonchev–Trinajstić information content (AvgIpc) is 2.59. The molecular formula is C22H24O. The average molecular weight is 304 g/mol. The normalized spacial score (nSPS) is 45.7. The van der Waals surface area contributed by atoms with Gasteiger partial charge in [0.1, 0.15) is 6.10 Å². The lowest BCUT2D eigenvalue weighted by molar-refractivity contribution is -0.124. The van der Waals surface area contributed by atoms with Gasteiger partial charge in [-0.05, 0) is 72.5 Å². The maximum Gasteiger partial charge on any atom is 0.101 e. The van der Waals surface area contributed by atoms with E-state index in [0.717, 1.165) is 30.3 Å². The monoisotopic (exact) mass is 304 g/mol. The Labute approximate surface area is 138 Å². The minimum Gasteiger partial charge on any atom is -0.368 e. The van der Waals surface area contributed by atoms with Crippen LogP contribution in [0.4, 0.5) is 0 Å². The highest BCUT2D eigenvalue weighted by atomic mass is 16.5. The van der Waals surface area contributed by atoms with E-state index in [9.17, 15) is 0 Å². The van der Waals surface area contributed by atoms with E-state index in [0.29, 0.717) is 5.41 Å². The highest BCUT2D eigenvalue weighted by Crippen LogP contribution is 2.64. The van der Waals surface area contributed by atoms with Crippen LogP contribution in [-0.2, 0) is 4.74 Å². The van der Waals surface area contributed by atoms with Gasteiger partial charge in [-0.2, -0.15) is 0 Å². The third-order valence-corrected chi connectivity index (χ3v) is 7.62. The zero-order valence-corrected chi connectivity index (χ0v) is 13.6. The van der Waals surface area contributed by atoms with Gasteiger partial charge in [0.05, 0.1) is 6.61 Å². The molecule has 4 saturated carbocycles. The molecule has 23 heavy (non-hydrogen) atoms. The van der Waals surface area contributed by atoms with Crippen LogP contribution in [0, 0.1) is 29.1 Å². The van der Waals surface area contributed by atoms with Gasteiger partial charge in [0.2, 0.25) is 0 Å². The predicted molar refractivity (Wildman–Crippen MR) is 92.7 cm³/mol. The Kier molecular flexibility index (Phi) is 2.48. The summed E-state index contributed by atoms with van der Waals surface area (Å²) in [5.74, 6) is 3.81. The quantitative estimate of drug-likeness (QED) is 0.660. The summed E-state index contributed by atoms with van der Waals surface area (Å²) in [7, 11) is 0. The molecule has 1 aliphatic heterocycles. The molecule has 0 N–H and O–H groups in total. The van der Waals surface area contributed by atoms with Crippen LogP contribution in [0.15, 0.2) is 36.4 Å². The third kappa shape index (κ3) is 1.67. The predicted octanol–water partition coefficient (Wildman–Crippen LogP) is 4.94. The second-order valence-electron chi connectivity index (χ2n) is 8.69. The fraction of sp³-hybridized carbons (Fsp3) is 0.545. The van der Waals surface area contributed by atoms with Gasteiger partial charge in [0, 0.05) is 5.41 Å². The maximum absolute atomic E-state index is 6.46. The molecule has 6 aliphatic rings. The molecule has 4 bridgehead atoms. The summed E-state index contributed by atoms with van der Waals surface area (Å²) < 4.78 is 6.46. The summed E-state index contributed by atoms with van der Waals surface area (Å²) in [5, 5.41) is 0. The molecule has 0 radical (unpaired) electrons. The second-order valence-corrected chi connectivity index (χ2v) is 8.69. The van der Waals surface area contributed by atoms with Crippen molar-refractivity contribution in [3.63, 3.8) is 0 Å². The summed E-state index contributed by atoms with van der Waals surface area (Å²) in [4.78, 5) is 0. The number of ether oxygens (including phenoxy) is 1. The van der Waals surface area contributed by atoms with Crippen LogP contribution in [-0.4, -0.2) is 12.7 Å². The summed E-state index contributed by atoms with van der Waals surface area (Å²) in [6.45, 7) is 0.961. The van der Waals surface area contributed by atoms with Crippen LogP contribution in [0.25, 0.3) is 11.6 Å². The Morgan fingerprint density at radius 2 is 1.65 bits per heavy atom. The molecule has 5 aliphatic carbocycles. The van der Waals surface area contributed by atoms with Crippen LogP contribution in [0.2, 0.25) is 0 Å². The third-order valence-electron chi connectivity index (χ3n) is 7.62. The minimum atomic E-state index is 0.188. The topological polar surface area (TPSA) is 9.23 Å². The van der Waals surface area contributed by atoms with Crippen molar-refractivity contribution in [2.45, 2.75) is 38.2 Å². The van der Waals surface area contributed by atoms with Gasteiger partial charge < -0.3 is 4.74 Å². The molecule has 4 fully saturated rings. The fourth-order valence-corrected chi connectivity index (χ4v) is 6.76. The molecule has 1 unspecified atom stereocenters. The molecule has 0 amide bonds. The van der Waals surface area contributed by atoms with Crippen LogP contribution in [0.3, 0.4) is 0 Å². The highest BCUT2D eigenvalue weighted by molar-refractivity contribution is 5.83. The van der Waals surface area contributed by atoms with Crippen molar-refractivity contribution in [2.75, 3.05) is 6.61 Å². The first-order valence-corrected chi connectivity index (χ1v) is 9.44. The molecule has 1 heteroatoms. The molecule has 1 heterocycles. The molecule has 7 rings (SSSR count). The molecule has 1 nitrogen and oxygen atoms in total. The van der Waals surface area contributed by atoms with Gasteiger partial charge in [0.25, 0.3) is 0 Å². The lowest BCUT2D eigenvalue weighted by Crippen LogP contribution is -2.55. The van der Waals surface area contributed by atoms with E-state index in [-0.39, 0.29) is 6.10 Å². The molecule has 1 aromatic rings. The lowest BCUT2D eigenvalue weighted by atomic mass is 9.45. The van der Waals surface area contributed by atoms with E-state index in [1.165, 1.54) is 48.8 Å². The van der Waals surface area contributed by atoms with E-state index >= 15 is 0 Å². The van der Waals surface area contributed by atoms with E-state index in [1.807, 2.05) is 0 Å². The van der Waals surface area contributed by atoms with Crippen LogP contribution >= 0.6 is 0 Å². The molecule has 0 saturated heterocycles. The Bertz CT molecular complexity index is 697. The van der Waals surface area contributed by atoms with Gasteiger partial charge in [-0.3, -0.25) is 0 Å². The van der Waals surface area contributed by atoms with Crippen LogP contribution in [0.1, 0.15) is 43.2 Å². The number of benzene rings is 1. The first kappa shape index (κ1) is 13.0. The summed E-state index contributed by atoms with van der Waals surface area (Å²) in [5.41, 5.74) is 4.58. The van der Waals surface area contributed by atoms with Crippen molar-refractivity contribution in [1.82, 2.24) is 0 Å². The van der Waals surface area contributed by atoms with Crippen molar-refractivity contribution >= 4 is 11.6 Å². The van der Waals surface area contributed by atoms with Crippen LogP contribution in [0.5, 0.6) is 0 Å². The molecule has 1 atom stereocenters. The van der Waals surface area contributed by atoms with Gasteiger partial charge in [0.15, 0.2) is 0 Å². The van der Waals surface area contributed by atoms with Crippen molar-refractivity contribution in [3.05, 3.63) is 47.5 Å². The zero-order chi connectivity index (χ0) is 15.0. The van der Waals surface area contributed by atoms with Crippen molar-refractivity contribution in [1.29, 1.82) is 0 Å². The maximum atomic E-state index is 6.46. The Morgan fingerprint density at radius 3 is 2.43 bits per heavy atom. The molecular weight excluding hydrogens is 280 g/mol. The Balaban J connectivity index is 1.50. The van der Waals surface area contributed by atoms with Crippen molar-refractivity contribution < 1.29 is 4.74 Å². The van der Waals surface area contributed by atoms with Gasteiger partial charge >= 0.3 is 0 Å². The Morgan fingerprint density at radius 1 is 0.913 bits per heavy atom.